The van der Waals surface area contributed by atoms with E-state index >= 15 is 0 Å². The molecule has 0 saturated carbocycles. The van der Waals surface area contributed by atoms with Gasteiger partial charge in [0.25, 0.3) is 0 Å². The Kier molecular flexibility index (Phi) is 65.6. The van der Waals surface area contributed by atoms with Gasteiger partial charge in [-0.1, -0.05) is 345 Å². The van der Waals surface area contributed by atoms with E-state index < -0.39 is 36.9 Å². The maximum atomic E-state index is 12.7. The highest BCUT2D eigenvalue weighted by atomic mass is 16.3. The van der Waals surface area contributed by atoms with Crippen LogP contribution in [0.3, 0.4) is 0 Å². The molecule has 0 aromatic carbocycles. The molecule has 0 aliphatic heterocycles. The number of carbonyl (C=O) groups is 1. The summed E-state index contributed by atoms with van der Waals surface area (Å²) in [5, 5.41) is 44.2. The van der Waals surface area contributed by atoms with Crippen LogP contribution in [0, 0.1) is 0 Å². The van der Waals surface area contributed by atoms with Gasteiger partial charge in [-0.25, -0.2) is 0 Å². The molecule has 6 nitrogen and oxygen atoms in total. The molecule has 6 heteroatoms. The third-order valence-electron chi connectivity index (χ3n) is 16.7. The Balaban J connectivity index is 3.59. The number of carbonyl (C=O) groups excluding carboxylic acids is 1. The number of hydrogen-bond acceptors (Lipinski definition) is 5. The first-order chi connectivity index (χ1) is 39.0. The first-order valence-corrected chi connectivity index (χ1v) is 35.5. The summed E-state index contributed by atoms with van der Waals surface area (Å²) in [6.07, 6.45) is 88.2. The maximum absolute atomic E-state index is 12.7. The van der Waals surface area contributed by atoms with Gasteiger partial charge in [0, 0.05) is 0 Å². The molecule has 0 aromatic rings. The molecule has 0 aromatic heterocycles. The van der Waals surface area contributed by atoms with Gasteiger partial charge >= 0.3 is 0 Å². The fraction of sp³-hybridized carbons (Fsp3) is 0.877. The standard InChI is InChI=1S/C73H139NO5/c1-3-5-7-9-11-13-15-17-19-21-23-25-27-29-31-32-33-34-35-36-37-38-39-41-43-45-47-49-51-53-55-57-59-61-63-65-67-71(77)73(79)74-69(68-75)72(78)70(76)66-64-62-60-58-56-54-52-50-48-46-44-42-40-30-28-26-24-22-20-18-16-14-12-10-8-6-4-2/h31-32,34-35,50,52,58,60,69-72,75-78H,3-30,33,36-49,51,53-57,59,61-68H2,1-2H3,(H,74,79)/b32-31-,35-34-,52-50+,60-58+. The molecular weight excluding hydrogens is 971 g/mol. The van der Waals surface area contributed by atoms with Crippen LogP contribution in [0.25, 0.3) is 0 Å². The summed E-state index contributed by atoms with van der Waals surface area (Å²) in [6, 6.07) is -1.01. The predicted octanol–water partition coefficient (Wildman–Crippen LogP) is 22.0. The Labute approximate surface area is 493 Å². The van der Waals surface area contributed by atoms with E-state index in [0.717, 1.165) is 44.9 Å². The van der Waals surface area contributed by atoms with Gasteiger partial charge in [0.2, 0.25) is 5.91 Å². The van der Waals surface area contributed by atoms with Crippen molar-refractivity contribution in [3.8, 4) is 0 Å². The molecule has 466 valence electrons. The third kappa shape index (κ3) is 60.7. The normalized spacial score (nSPS) is 13.7. The maximum Gasteiger partial charge on any atom is 0.249 e. The second-order valence-electron chi connectivity index (χ2n) is 24.6. The molecule has 0 aliphatic carbocycles. The van der Waals surface area contributed by atoms with Crippen molar-refractivity contribution in [1.82, 2.24) is 5.32 Å². The van der Waals surface area contributed by atoms with Crippen molar-refractivity contribution in [3.63, 3.8) is 0 Å². The number of aliphatic hydroxyl groups is 4. The van der Waals surface area contributed by atoms with Crippen LogP contribution in [0.4, 0.5) is 0 Å². The molecular formula is C73H139NO5. The summed E-state index contributed by atoms with van der Waals surface area (Å²) in [6.45, 7) is 4.09. The molecule has 79 heavy (non-hydrogen) atoms. The van der Waals surface area contributed by atoms with E-state index in [4.69, 9.17) is 0 Å². The van der Waals surface area contributed by atoms with Crippen LogP contribution in [0.2, 0.25) is 0 Å². The Hall–Kier alpha value is -1.73. The summed E-state index contributed by atoms with van der Waals surface area (Å²) in [5.74, 6) is -0.593. The zero-order valence-corrected chi connectivity index (χ0v) is 53.1. The number of rotatable bonds is 66. The van der Waals surface area contributed by atoms with Crippen molar-refractivity contribution < 1.29 is 25.2 Å². The zero-order valence-electron chi connectivity index (χ0n) is 53.1. The monoisotopic (exact) mass is 1110 g/mol. The average molecular weight is 1110 g/mol. The Morgan fingerprint density at radius 3 is 0.873 bits per heavy atom. The van der Waals surface area contributed by atoms with Gasteiger partial charge in [0.05, 0.1) is 18.8 Å². The van der Waals surface area contributed by atoms with E-state index in [1.807, 2.05) is 0 Å². The van der Waals surface area contributed by atoms with Gasteiger partial charge in [-0.3, -0.25) is 4.79 Å². The molecule has 0 aliphatic rings. The molecule has 0 rings (SSSR count). The van der Waals surface area contributed by atoms with Crippen LogP contribution in [-0.2, 0) is 4.79 Å². The molecule has 1 amide bonds. The lowest BCUT2D eigenvalue weighted by Gasteiger charge is -2.27. The molecule has 0 spiro atoms. The number of aliphatic hydroxyl groups excluding tert-OH is 4. The quantitative estimate of drug-likeness (QED) is 0.0308. The van der Waals surface area contributed by atoms with Gasteiger partial charge in [0.1, 0.15) is 12.2 Å². The van der Waals surface area contributed by atoms with Crippen molar-refractivity contribution >= 4 is 5.91 Å². The highest BCUT2D eigenvalue weighted by molar-refractivity contribution is 5.80. The number of nitrogens with one attached hydrogen (secondary N) is 1. The van der Waals surface area contributed by atoms with E-state index in [0.29, 0.717) is 19.3 Å². The highest BCUT2D eigenvalue weighted by Gasteiger charge is 2.28. The van der Waals surface area contributed by atoms with E-state index in [-0.39, 0.29) is 0 Å². The van der Waals surface area contributed by atoms with Crippen molar-refractivity contribution in [2.75, 3.05) is 6.61 Å². The van der Waals surface area contributed by atoms with E-state index in [1.54, 1.807) is 0 Å². The van der Waals surface area contributed by atoms with E-state index in [9.17, 15) is 25.2 Å². The minimum atomic E-state index is -1.29. The topological polar surface area (TPSA) is 110 Å². The fourth-order valence-electron chi connectivity index (χ4n) is 11.2. The van der Waals surface area contributed by atoms with Gasteiger partial charge < -0.3 is 25.7 Å². The molecule has 0 bridgehead atoms. The number of unbranched alkanes of at least 4 members (excludes halogenated alkanes) is 49. The molecule has 4 atom stereocenters. The average Bonchev–Trinajstić information content (AvgIpc) is 3.45. The van der Waals surface area contributed by atoms with Crippen LogP contribution >= 0.6 is 0 Å². The lowest BCUT2D eigenvalue weighted by atomic mass is 10.00. The predicted molar refractivity (Wildman–Crippen MR) is 348 cm³/mol. The van der Waals surface area contributed by atoms with Crippen molar-refractivity contribution in [2.24, 2.45) is 0 Å². The Morgan fingerprint density at radius 2 is 0.570 bits per heavy atom. The first-order valence-electron chi connectivity index (χ1n) is 35.5. The molecule has 0 fully saturated rings. The largest absolute Gasteiger partial charge is 0.394 e. The smallest absolute Gasteiger partial charge is 0.249 e. The van der Waals surface area contributed by atoms with Gasteiger partial charge in [0.15, 0.2) is 0 Å². The second-order valence-corrected chi connectivity index (χ2v) is 24.6. The minimum absolute atomic E-state index is 0.360. The van der Waals surface area contributed by atoms with E-state index in [1.165, 1.54) is 302 Å². The molecule has 0 saturated heterocycles. The summed E-state index contributed by atoms with van der Waals surface area (Å²) >= 11 is 0. The lowest BCUT2D eigenvalue weighted by Crippen LogP contribution is -2.53. The van der Waals surface area contributed by atoms with Crippen LogP contribution in [-0.4, -0.2) is 57.3 Å². The van der Waals surface area contributed by atoms with E-state index in [2.05, 4.69) is 67.8 Å². The molecule has 5 N–H and O–H groups in total. The number of allylic oxidation sites excluding steroid dienone is 8. The van der Waals surface area contributed by atoms with Crippen LogP contribution in [0.1, 0.15) is 380 Å². The molecule has 0 heterocycles. The fourth-order valence-corrected chi connectivity index (χ4v) is 11.2. The molecule has 4 unspecified atom stereocenters. The molecule has 0 radical (unpaired) electrons. The zero-order chi connectivity index (χ0) is 57.3. The summed E-state index contributed by atoms with van der Waals surface area (Å²) in [4.78, 5) is 12.7. The second kappa shape index (κ2) is 67.1. The number of amides is 1. The third-order valence-corrected chi connectivity index (χ3v) is 16.7. The SMILES string of the molecule is CCCCCCCCCCCCCCC/C=C\C/C=C\CCCCCCCCCCCCCCCCCCC(O)C(=O)NC(CO)C(O)C(O)CCC/C=C/CC/C=C/CCCCCCCCCCCCCCCCCCCC. The Morgan fingerprint density at radius 1 is 0.316 bits per heavy atom. The van der Waals surface area contributed by atoms with Crippen LogP contribution < -0.4 is 5.32 Å². The first kappa shape index (κ1) is 77.3. The highest BCUT2D eigenvalue weighted by Crippen LogP contribution is 2.19. The minimum Gasteiger partial charge on any atom is -0.394 e. The lowest BCUT2D eigenvalue weighted by molar-refractivity contribution is -0.132. The van der Waals surface area contributed by atoms with Gasteiger partial charge in [-0.15, -0.1) is 0 Å². The van der Waals surface area contributed by atoms with Gasteiger partial charge in [-0.05, 0) is 83.5 Å². The van der Waals surface area contributed by atoms with Crippen molar-refractivity contribution in [3.05, 3.63) is 48.6 Å². The summed E-state index contributed by atoms with van der Waals surface area (Å²) in [7, 11) is 0. The summed E-state index contributed by atoms with van der Waals surface area (Å²) in [5.41, 5.74) is 0. The van der Waals surface area contributed by atoms with Gasteiger partial charge in [-0.2, -0.15) is 0 Å². The van der Waals surface area contributed by atoms with Crippen LogP contribution in [0.5, 0.6) is 0 Å². The van der Waals surface area contributed by atoms with Crippen LogP contribution in [0.15, 0.2) is 48.6 Å². The Bertz CT molecular complexity index is 1290. The van der Waals surface area contributed by atoms with Crippen molar-refractivity contribution in [2.45, 2.75) is 404 Å². The summed E-state index contributed by atoms with van der Waals surface area (Å²) < 4.78 is 0. The number of hydrogen-bond donors (Lipinski definition) is 5. The van der Waals surface area contributed by atoms with Crippen molar-refractivity contribution in [1.29, 1.82) is 0 Å².